The van der Waals surface area contributed by atoms with E-state index < -0.39 is 11.8 Å². The first-order chi connectivity index (χ1) is 8.22. The van der Waals surface area contributed by atoms with E-state index in [9.17, 15) is 9.18 Å². The number of aliphatic imine (C=N–C) groups is 1. The molecule has 3 nitrogen and oxygen atoms in total. The highest BCUT2D eigenvalue weighted by atomic mass is 19.1. The van der Waals surface area contributed by atoms with Gasteiger partial charge in [0.15, 0.2) is 0 Å². The molecule has 1 aliphatic heterocycles. The Morgan fingerprint density at radius 1 is 1.47 bits per heavy atom. The lowest BCUT2D eigenvalue weighted by Crippen LogP contribution is -2.05. The number of hydrogen-bond donors (Lipinski definition) is 0. The molecule has 0 aromatic heterocycles. The summed E-state index contributed by atoms with van der Waals surface area (Å²) in [4.78, 5) is 15.4. The number of methoxy groups -OCH3 is 1. The molecular weight excluding hydrogens is 221 g/mol. The van der Waals surface area contributed by atoms with Crippen molar-refractivity contribution in [3.63, 3.8) is 0 Å². The maximum atomic E-state index is 13.7. The van der Waals surface area contributed by atoms with Gasteiger partial charge in [-0.3, -0.25) is 4.99 Å². The lowest BCUT2D eigenvalue weighted by atomic mass is 10.0. The predicted molar refractivity (Wildman–Crippen MR) is 63.7 cm³/mol. The molecule has 0 spiro atoms. The van der Waals surface area contributed by atoms with Crippen LogP contribution >= 0.6 is 0 Å². The molecule has 0 radical (unpaired) electrons. The fraction of sp³-hybridized carbons (Fsp3) is 0.231. The summed E-state index contributed by atoms with van der Waals surface area (Å²) < 4.78 is 18.2. The van der Waals surface area contributed by atoms with E-state index in [0.717, 1.165) is 17.6 Å². The second-order valence-electron chi connectivity index (χ2n) is 3.67. The summed E-state index contributed by atoms with van der Waals surface area (Å²) in [5.41, 5.74) is 1.69. The highest BCUT2D eigenvalue weighted by molar-refractivity contribution is 5.90. The number of allylic oxidation sites excluding steroid dienone is 1. The van der Waals surface area contributed by atoms with Gasteiger partial charge in [0.25, 0.3) is 0 Å². The fourth-order valence-corrected chi connectivity index (χ4v) is 1.70. The summed E-state index contributed by atoms with van der Waals surface area (Å²) in [6.07, 6.45) is 4.58. The minimum atomic E-state index is -0.662. The van der Waals surface area contributed by atoms with Crippen LogP contribution in [0.15, 0.2) is 29.3 Å². The number of carbonyl (C=O) groups excluding carboxylic acids is 1. The molecule has 1 heterocycles. The van der Waals surface area contributed by atoms with Crippen molar-refractivity contribution in [1.82, 2.24) is 0 Å². The predicted octanol–water partition coefficient (Wildman–Crippen LogP) is 2.47. The van der Waals surface area contributed by atoms with Gasteiger partial charge in [0.1, 0.15) is 5.82 Å². The molecule has 1 aromatic rings. The van der Waals surface area contributed by atoms with Crippen molar-refractivity contribution in [3.8, 4) is 0 Å². The third kappa shape index (κ3) is 2.41. The van der Waals surface area contributed by atoms with E-state index in [2.05, 4.69) is 9.73 Å². The number of carbonyl (C=O) groups is 1. The monoisotopic (exact) mass is 233 g/mol. The van der Waals surface area contributed by atoms with Gasteiger partial charge in [-0.1, -0.05) is 12.1 Å². The average Bonchev–Trinajstić information content (AvgIpc) is 2.39. The Morgan fingerprint density at radius 2 is 2.29 bits per heavy atom. The van der Waals surface area contributed by atoms with Crippen LogP contribution < -0.4 is 0 Å². The van der Waals surface area contributed by atoms with Crippen LogP contribution in [0.25, 0.3) is 5.57 Å². The summed E-state index contributed by atoms with van der Waals surface area (Å²) >= 11 is 0. The first-order valence-corrected chi connectivity index (χ1v) is 5.28. The average molecular weight is 233 g/mol. The molecule has 0 N–H and O–H groups in total. The molecule has 0 amide bonds. The van der Waals surface area contributed by atoms with Gasteiger partial charge in [-0.05, 0) is 23.3 Å². The third-order valence-corrected chi connectivity index (χ3v) is 2.61. The zero-order valence-electron chi connectivity index (χ0n) is 9.44. The summed E-state index contributed by atoms with van der Waals surface area (Å²) in [6, 6.07) is 4.50. The molecule has 2 rings (SSSR count). The van der Waals surface area contributed by atoms with Crippen LogP contribution in [-0.2, 0) is 4.74 Å². The highest BCUT2D eigenvalue weighted by Gasteiger charge is 2.13. The van der Waals surface area contributed by atoms with Crippen molar-refractivity contribution in [2.24, 2.45) is 4.99 Å². The minimum absolute atomic E-state index is 0.0452. The van der Waals surface area contributed by atoms with Crippen LogP contribution in [0.5, 0.6) is 0 Å². The standard InChI is InChI=1S/C13H12FNO2/c1-17-13(16)11-5-4-9(7-12(11)14)10-3-2-6-15-8-10/h3-7H,2,8H2,1H3. The van der Waals surface area contributed by atoms with E-state index in [0.29, 0.717) is 6.54 Å². The zero-order valence-corrected chi connectivity index (χ0v) is 9.44. The zero-order chi connectivity index (χ0) is 12.3. The molecule has 17 heavy (non-hydrogen) atoms. The Hall–Kier alpha value is -1.97. The summed E-state index contributed by atoms with van der Waals surface area (Å²) in [5, 5.41) is 0. The van der Waals surface area contributed by atoms with E-state index >= 15 is 0 Å². The number of esters is 1. The van der Waals surface area contributed by atoms with Crippen molar-refractivity contribution in [2.45, 2.75) is 6.42 Å². The first kappa shape index (κ1) is 11.5. The van der Waals surface area contributed by atoms with Crippen LogP contribution in [0.3, 0.4) is 0 Å². The Labute approximate surface area is 98.6 Å². The van der Waals surface area contributed by atoms with Crippen molar-refractivity contribution in [1.29, 1.82) is 0 Å². The molecule has 0 saturated heterocycles. The van der Waals surface area contributed by atoms with Crippen molar-refractivity contribution >= 4 is 17.8 Å². The summed E-state index contributed by atoms with van der Waals surface area (Å²) in [5.74, 6) is -1.23. The Morgan fingerprint density at radius 3 is 2.88 bits per heavy atom. The normalized spacial score (nSPS) is 14.4. The maximum absolute atomic E-state index is 13.7. The van der Waals surface area contributed by atoms with E-state index in [1.807, 2.05) is 12.3 Å². The largest absolute Gasteiger partial charge is 0.465 e. The fourth-order valence-electron chi connectivity index (χ4n) is 1.70. The quantitative estimate of drug-likeness (QED) is 0.736. The molecule has 0 bridgehead atoms. The van der Waals surface area contributed by atoms with Crippen LogP contribution in [-0.4, -0.2) is 25.8 Å². The van der Waals surface area contributed by atoms with Crippen LogP contribution in [0.1, 0.15) is 22.3 Å². The van der Waals surface area contributed by atoms with Crippen molar-refractivity contribution in [3.05, 3.63) is 41.2 Å². The first-order valence-electron chi connectivity index (χ1n) is 5.28. The number of benzene rings is 1. The number of nitrogens with zero attached hydrogens (tertiary/aromatic N) is 1. The van der Waals surface area contributed by atoms with Crippen LogP contribution in [0.4, 0.5) is 4.39 Å². The molecule has 0 atom stereocenters. The molecule has 4 heteroatoms. The molecule has 0 aliphatic carbocycles. The molecule has 1 aromatic carbocycles. The SMILES string of the molecule is COC(=O)c1ccc(C2=CCC=NC2)cc1F. The van der Waals surface area contributed by atoms with Gasteiger partial charge in [0, 0.05) is 12.6 Å². The van der Waals surface area contributed by atoms with Gasteiger partial charge in [-0.15, -0.1) is 0 Å². The second-order valence-corrected chi connectivity index (χ2v) is 3.67. The Kier molecular flexibility index (Phi) is 3.32. The highest BCUT2D eigenvalue weighted by Crippen LogP contribution is 2.20. The molecule has 88 valence electrons. The van der Waals surface area contributed by atoms with E-state index in [4.69, 9.17) is 0 Å². The Bertz CT molecular complexity index is 506. The van der Waals surface area contributed by atoms with E-state index in [1.54, 1.807) is 6.07 Å². The van der Waals surface area contributed by atoms with Gasteiger partial charge in [-0.2, -0.15) is 0 Å². The smallest absolute Gasteiger partial charge is 0.340 e. The molecule has 0 fully saturated rings. The minimum Gasteiger partial charge on any atom is -0.465 e. The number of dihydropyridines is 1. The molecule has 0 saturated carbocycles. The lowest BCUT2D eigenvalue weighted by molar-refractivity contribution is 0.0595. The topological polar surface area (TPSA) is 38.7 Å². The van der Waals surface area contributed by atoms with Gasteiger partial charge >= 0.3 is 5.97 Å². The number of halogens is 1. The van der Waals surface area contributed by atoms with Crippen LogP contribution in [0.2, 0.25) is 0 Å². The van der Waals surface area contributed by atoms with Crippen molar-refractivity contribution < 1.29 is 13.9 Å². The number of rotatable bonds is 2. The number of hydrogen-bond acceptors (Lipinski definition) is 3. The van der Waals surface area contributed by atoms with Gasteiger partial charge in [0.05, 0.1) is 19.2 Å². The van der Waals surface area contributed by atoms with Gasteiger partial charge in [0.2, 0.25) is 0 Å². The van der Waals surface area contributed by atoms with Gasteiger partial charge in [-0.25, -0.2) is 9.18 Å². The lowest BCUT2D eigenvalue weighted by Gasteiger charge is -2.09. The van der Waals surface area contributed by atoms with Crippen molar-refractivity contribution in [2.75, 3.05) is 13.7 Å². The number of ether oxygens (including phenoxy) is 1. The molecule has 1 aliphatic rings. The maximum Gasteiger partial charge on any atom is 0.340 e. The summed E-state index contributed by atoms with van der Waals surface area (Å²) in [7, 11) is 1.23. The Balaban J connectivity index is 2.30. The third-order valence-electron chi connectivity index (χ3n) is 2.61. The van der Waals surface area contributed by atoms with E-state index in [-0.39, 0.29) is 5.56 Å². The molecule has 0 unspecified atom stereocenters. The second kappa shape index (κ2) is 4.91. The van der Waals surface area contributed by atoms with Gasteiger partial charge < -0.3 is 4.74 Å². The van der Waals surface area contributed by atoms with E-state index in [1.165, 1.54) is 19.2 Å². The van der Waals surface area contributed by atoms with Crippen LogP contribution in [0, 0.1) is 5.82 Å². The summed E-state index contributed by atoms with van der Waals surface area (Å²) in [6.45, 7) is 0.553. The molecular formula is C13H12FNO2.